The number of rotatable bonds is 8. The zero-order valence-corrected chi connectivity index (χ0v) is 22.0. The molecule has 2 aromatic heterocycles. The first kappa shape index (κ1) is 25.3. The Labute approximate surface area is 227 Å². The predicted molar refractivity (Wildman–Crippen MR) is 147 cm³/mol. The fourth-order valence-electron chi connectivity index (χ4n) is 5.14. The van der Waals surface area contributed by atoms with Crippen molar-refractivity contribution in [1.29, 1.82) is 5.26 Å². The van der Waals surface area contributed by atoms with Gasteiger partial charge in [-0.05, 0) is 49.4 Å². The Kier molecular flexibility index (Phi) is 7.40. The van der Waals surface area contributed by atoms with Gasteiger partial charge in [-0.2, -0.15) is 10.2 Å². The zero-order chi connectivity index (χ0) is 26.6. The summed E-state index contributed by atoms with van der Waals surface area (Å²) in [5, 5.41) is 16.2. The van der Waals surface area contributed by atoms with Gasteiger partial charge in [0.2, 0.25) is 11.8 Å². The molecule has 3 aliphatic heterocycles. The van der Waals surface area contributed by atoms with Crippen LogP contribution in [0.1, 0.15) is 12.0 Å². The Bertz CT molecular complexity index is 1340. The number of benzene rings is 1. The van der Waals surface area contributed by atoms with E-state index >= 15 is 0 Å². The first-order valence-corrected chi connectivity index (χ1v) is 13.3. The average molecular weight is 529 g/mol. The molecular formula is C28H32N8O3. The van der Waals surface area contributed by atoms with Crippen LogP contribution in [0.2, 0.25) is 0 Å². The van der Waals surface area contributed by atoms with E-state index < -0.39 is 0 Å². The van der Waals surface area contributed by atoms with Gasteiger partial charge in [-0.15, -0.1) is 0 Å². The highest BCUT2D eigenvalue weighted by Gasteiger charge is 2.29. The molecule has 0 aliphatic carbocycles. The summed E-state index contributed by atoms with van der Waals surface area (Å²) in [5.41, 5.74) is 2.96. The second-order valence-electron chi connectivity index (χ2n) is 9.89. The molecule has 0 spiro atoms. The van der Waals surface area contributed by atoms with Crippen LogP contribution in [0.15, 0.2) is 42.6 Å². The summed E-state index contributed by atoms with van der Waals surface area (Å²) < 4.78 is 17.0. The van der Waals surface area contributed by atoms with Gasteiger partial charge in [0.25, 0.3) is 0 Å². The molecular weight excluding hydrogens is 496 g/mol. The SMILES string of the molecule is COc1nc(Nc2nccc(-c3ccc(OC4CCNC4)c(C#N)c3)n2)ccc1N1CCN(C2COC2)CC1. The molecule has 3 aromatic rings. The largest absolute Gasteiger partial charge is 0.488 e. The van der Waals surface area contributed by atoms with Crippen LogP contribution in [0.3, 0.4) is 0 Å². The predicted octanol–water partition coefficient (Wildman–Crippen LogP) is 2.42. The number of nitriles is 1. The molecule has 1 aromatic carbocycles. The van der Waals surface area contributed by atoms with Crippen LogP contribution in [0, 0.1) is 11.3 Å². The lowest BCUT2D eigenvalue weighted by Crippen LogP contribution is -2.56. The second-order valence-corrected chi connectivity index (χ2v) is 9.89. The summed E-state index contributed by atoms with van der Waals surface area (Å²) >= 11 is 0. The number of hydrogen-bond acceptors (Lipinski definition) is 11. The third-order valence-corrected chi connectivity index (χ3v) is 7.43. The molecule has 202 valence electrons. The van der Waals surface area contributed by atoms with Crippen LogP contribution in [0.4, 0.5) is 17.5 Å². The fraction of sp³-hybridized carbons (Fsp3) is 0.429. The summed E-state index contributed by atoms with van der Waals surface area (Å²) in [6.07, 6.45) is 2.70. The summed E-state index contributed by atoms with van der Waals surface area (Å²) in [5.74, 6) is 2.15. The minimum Gasteiger partial charge on any atom is -0.488 e. The summed E-state index contributed by atoms with van der Waals surface area (Å²) in [4.78, 5) is 18.5. The monoisotopic (exact) mass is 528 g/mol. The van der Waals surface area contributed by atoms with Gasteiger partial charge in [-0.3, -0.25) is 4.90 Å². The van der Waals surface area contributed by atoms with E-state index in [1.54, 1.807) is 19.4 Å². The molecule has 3 fully saturated rings. The zero-order valence-electron chi connectivity index (χ0n) is 22.0. The van der Waals surface area contributed by atoms with Crippen molar-refractivity contribution < 1.29 is 14.2 Å². The molecule has 0 amide bonds. The number of pyridine rings is 1. The highest BCUT2D eigenvalue weighted by molar-refractivity contribution is 5.66. The van der Waals surface area contributed by atoms with E-state index in [2.05, 4.69) is 41.5 Å². The number of anilines is 3. The van der Waals surface area contributed by atoms with E-state index in [0.29, 0.717) is 40.7 Å². The van der Waals surface area contributed by atoms with Crippen molar-refractivity contribution in [3.8, 4) is 29.0 Å². The molecule has 5 heterocycles. The number of nitrogens with zero attached hydrogens (tertiary/aromatic N) is 6. The summed E-state index contributed by atoms with van der Waals surface area (Å²) in [6.45, 7) is 7.22. The molecule has 0 bridgehead atoms. The first-order chi connectivity index (χ1) is 19.2. The highest BCUT2D eigenvalue weighted by atomic mass is 16.5. The first-order valence-electron chi connectivity index (χ1n) is 13.3. The number of ether oxygens (including phenoxy) is 3. The minimum atomic E-state index is 0.0840. The molecule has 0 saturated carbocycles. The second kappa shape index (κ2) is 11.4. The number of nitrogens with one attached hydrogen (secondary N) is 2. The Balaban J connectivity index is 1.15. The van der Waals surface area contributed by atoms with Gasteiger partial charge in [0, 0.05) is 44.5 Å². The van der Waals surface area contributed by atoms with E-state index in [1.807, 2.05) is 30.3 Å². The Hall–Kier alpha value is -3.98. The van der Waals surface area contributed by atoms with Crippen molar-refractivity contribution >= 4 is 17.5 Å². The standard InChI is InChI=1S/C28H32N8O3/c1-37-27-24(36-12-10-35(11-13-36)21-17-38-18-21)3-5-26(33-27)34-28-31-9-7-23(32-28)19-2-4-25(20(14-19)15-29)39-22-6-8-30-16-22/h2-5,7,9,14,21-22,30H,6,8,10-13,16-18H2,1H3,(H,31,32,33,34). The maximum atomic E-state index is 9.71. The Morgan fingerprint density at radius 3 is 2.69 bits per heavy atom. The molecule has 0 radical (unpaired) electrons. The molecule has 11 heteroatoms. The van der Waals surface area contributed by atoms with Crippen LogP contribution in [-0.4, -0.2) is 91.6 Å². The van der Waals surface area contributed by atoms with Crippen molar-refractivity contribution in [3.05, 3.63) is 48.2 Å². The number of aromatic nitrogens is 3. The van der Waals surface area contributed by atoms with Gasteiger partial charge in [-0.1, -0.05) is 0 Å². The molecule has 39 heavy (non-hydrogen) atoms. The maximum Gasteiger partial charge on any atom is 0.239 e. The van der Waals surface area contributed by atoms with Gasteiger partial charge < -0.3 is 29.7 Å². The maximum absolute atomic E-state index is 9.71. The lowest BCUT2D eigenvalue weighted by Gasteiger charge is -2.43. The Morgan fingerprint density at radius 1 is 1.10 bits per heavy atom. The lowest BCUT2D eigenvalue weighted by molar-refractivity contribution is -0.0660. The van der Waals surface area contributed by atoms with Crippen molar-refractivity contribution in [2.45, 2.75) is 18.6 Å². The van der Waals surface area contributed by atoms with E-state index in [4.69, 9.17) is 14.2 Å². The Morgan fingerprint density at radius 2 is 1.97 bits per heavy atom. The van der Waals surface area contributed by atoms with Crippen molar-refractivity contribution in [2.24, 2.45) is 0 Å². The molecule has 3 aliphatic rings. The van der Waals surface area contributed by atoms with Crippen molar-refractivity contribution in [1.82, 2.24) is 25.2 Å². The molecule has 2 N–H and O–H groups in total. The summed E-state index contributed by atoms with van der Waals surface area (Å²) in [7, 11) is 1.64. The minimum absolute atomic E-state index is 0.0840. The number of hydrogen-bond donors (Lipinski definition) is 2. The van der Waals surface area contributed by atoms with Crippen molar-refractivity contribution in [3.63, 3.8) is 0 Å². The van der Waals surface area contributed by atoms with Crippen LogP contribution in [-0.2, 0) is 4.74 Å². The lowest BCUT2D eigenvalue weighted by atomic mass is 10.1. The molecule has 1 atom stereocenters. The molecule has 3 saturated heterocycles. The number of piperazine rings is 1. The molecule has 6 rings (SSSR count). The van der Waals surface area contributed by atoms with Gasteiger partial charge in [0.1, 0.15) is 29.4 Å². The van der Waals surface area contributed by atoms with E-state index in [0.717, 1.165) is 70.2 Å². The quantitative estimate of drug-likeness (QED) is 0.448. The third kappa shape index (κ3) is 5.59. The van der Waals surface area contributed by atoms with E-state index in [1.165, 1.54) is 0 Å². The fourth-order valence-corrected chi connectivity index (χ4v) is 5.14. The van der Waals surface area contributed by atoms with Crippen LogP contribution in [0.5, 0.6) is 11.6 Å². The van der Waals surface area contributed by atoms with Gasteiger partial charge in [0.15, 0.2) is 0 Å². The molecule has 1 unspecified atom stereocenters. The van der Waals surface area contributed by atoms with Crippen LogP contribution < -0.4 is 25.0 Å². The van der Waals surface area contributed by atoms with E-state index in [9.17, 15) is 5.26 Å². The van der Waals surface area contributed by atoms with Gasteiger partial charge >= 0.3 is 0 Å². The van der Waals surface area contributed by atoms with Gasteiger partial charge in [0.05, 0.1) is 37.6 Å². The van der Waals surface area contributed by atoms with Crippen LogP contribution >= 0.6 is 0 Å². The smallest absolute Gasteiger partial charge is 0.239 e. The van der Waals surface area contributed by atoms with Gasteiger partial charge in [-0.25, -0.2) is 9.97 Å². The highest BCUT2D eigenvalue weighted by Crippen LogP contribution is 2.31. The summed E-state index contributed by atoms with van der Waals surface area (Å²) in [6, 6.07) is 14.1. The molecule has 11 nitrogen and oxygen atoms in total. The number of methoxy groups -OCH3 is 1. The van der Waals surface area contributed by atoms with E-state index in [-0.39, 0.29) is 6.10 Å². The third-order valence-electron chi connectivity index (χ3n) is 7.43. The van der Waals surface area contributed by atoms with Crippen molar-refractivity contribution in [2.75, 3.05) is 69.8 Å². The van der Waals surface area contributed by atoms with Crippen LogP contribution in [0.25, 0.3) is 11.3 Å². The topological polar surface area (TPSA) is 121 Å². The average Bonchev–Trinajstić information content (AvgIpc) is 3.46. The normalized spacial score (nSPS) is 19.8.